The molecule has 4 bridgehead atoms. The van der Waals surface area contributed by atoms with Crippen LogP contribution >= 0.6 is 11.3 Å². The summed E-state index contributed by atoms with van der Waals surface area (Å²) < 4.78 is 7.70. The number of thiazole rings is 1. The minimum absolute atomic E-state index is 0.0769. The maximum absolute atomic E-state index is 13.3. The molecule has 0 aromatic carbocycles. The SMILES string of the molecule is Cn1ccc(-c2csc(C3CCCN3C(=O)OC3[C@@H]4CC5C[C@@H]3CC(C(N)=O)(C5)C4)n2)cc1=O. The summed E-state index contributed by atoms with van der Waals surface area (Å²) in [6.07, 6.45) is 7.58. The van der Waals surface area contributed by atoms with E-state index in [0.29, 0.717) is 12.5 Å². The van der Waals surface area contributed by atoms with Crippen LogP contribution in [0.25, 0.3) is 11.3 Å². The average molecular weight is 483 g/mol. The van der Waals surface area contributed by atoms with Gasteiger partial charge in [-0.3, -0.25) is 14.5 Å². The Morgan fingerprint density at radius 3 is 2.71 bits per heavy atom. The quantitative estimate of drug-likeness (QED) is 0.718. The Morgan fingerprint density at radius 1 is 1.24 bits per heavy atom. The number of ether oxygens (including phenoxy) is 1. The highest BCUT2D eigenvalue weighted by atomic mass is 32.1. The molecule has 4 aliphatic carbocycles. The molecule has 0 spiro atoms. The van der Waals surface area contributed by atoms with Crippen LogP contribution in [0.2, 0.25) is 0 Å². The average Bonchev–Trinajstić information content (AvgIpc) is 3.47. The third-order valence-electron chi connectivity index (χ3n) is 8.64. The van der Waals surface area contributed by atoms with Crippen molar-refractivity contribution in [1.29, 1.82) is 0 Å². The van der Waals surface area contributed by atoms with Crippen molar-refractivity contribution in [1.82, 2.24) is 14.5 Å². The number of aromatic nitrogens is 2. The highest BCUT2D eigenvalue weighted by molar-refractivity contribution is 7.10. The molecule has 5 fully saturated rings. The van der Waals surface area contributed by atoms with Gasteiger partial charge in [0.25, 0.3) is 5.56 Å². The number of amides is 2. The summed E-state index contributed by atoms with van der Waals surface area (Å²) in [6, 6.07) is 3.36. The molecule has 2 aromatic rings. The Kier molecular flexibility index (Phi) is 5.09. The monoisotopic (exact) mass is 482 g/mol. The van der Waals surface area contributed by atoms with Crippen molar-refractivity contribution in [3.8, 4) is 11.3 Å². The van der Waals surface area contributed by atoms with E-state index in [1.807, 2.05) is 16.3 Å². The van der Waals surface area contributed by atoms with Crippen LogP contribution < -0.4 is 11.3 Å². The van der Waals surface area contributed by atoms with Crippen LogP contribution in [0.15, 0.2) is 28.5 Å². The van der Waals surface area contributed by atoms with Gasteiger partial charge in [0.2, 0.25) is 5.91 Å². The second-order valence-corrected chi connectivity index (χ2v) is 11.6. The first-order chi connectivity index (χ1) is 16.3. The topological polar surface area (TPSA) is 108 Å². The lowest BCUT2D eigenvalue weighted by Gasteiger charge is -2.58. The maximum Gasteiger partial charge on any atom is 0.410 e. The fourth-order valence-electron chi connectivity index (χ4n) is 7.18. The fraction of sp³-hybridized carbons (Fsp3) is 0.600. The van der Waals surface area contributed by atoms with E-state index in [0.717, 1.165) is 61.2 Å². The molecule has 1 aliphatic heterocycles. The number of likely N-dealkylation sites (tertiary alicyclic amines) is 1. The molecule has 180 valence electrons. The molecule has 2 amide bonds. The minimum atomic E-state index is -0.384. The molecule has 8 nitrogen and oxygen atoms in total. The molecule has 0 radical (unpaired) electrons. The van der Waals surface area contributed by atoms with Gasteiger partial charge in [-0.25, -0.2) is 9.78 Å². The molecule has 3 heterocycles. The number of nitrogens with zero attached hydrogens (tertiary/aromatic N) is 3. The number of hydrogen-bond donors (Lipinski definition) is 1. The third kappa shape index (κ3) is 3.47. The van der Waals surface area contributed by atoms with E-state index in [1.54, 1.807) is 19.3 Å². The van der Waals surface area contributed by atoms with Crippen LogP contribution in [-0.2, 0) is 16.6 Å². The first-order valence-electron chi connectivity index (χ1n) is 12.2. The Morgan fingerprint density at radius 2 is 2.00 bits per heavy atom. The number of pyridine rings is 1. The number of hydrogen-bond acceptors (Lipinski definition) is 6. The summed E-state index contributed by atoms with van der Waals surface area (Å²) >= 11 is 1.52. The molecule has 7 rings (SSSR count). The molecule has 2 aromatic heterocycles. The van der Waals surface area contributed by atoms with E-state index in [4.69, 9.17) is 15.5 Å². The van der Waals surface area contributed by atoms with Crippen LogP contribution in [0.1, 0.15) is 56.0 Å². The van der Waals surface area contributed by atoms with Crippen LogP contribution in [0.4, 0.5) is 4.79 Å². The van der Waals surface area contributed by atoms with Crippen LogP contribution in [0.3, 0.4) is 0 Å². The number of carbonyl (C=O) groups excluding carboxylic acids is 2. The highest BCUT2D eigenvalue weighted by Crippen LogP contribution is 2.60. The van der Waals surface area contributed by atoms with Gasteiger partial charge in [0.05, 0.1) is 17.2 Å². The maximum atomic E-state index is 13.3. The number of aryl methyl sites for hydroxylation is 1. The summed E-state index contributed by atoms with van der Waals surface area (Å²) in [5, 5.41) is 2.83. The molecule has 9 heteroatoms. The zero-order valence-corrected chi connectivity index (χ0v) is 20.1. The first kappa shape index (κ1) is 21.8. The molecule has 1 unspecified atom stereocenters. The van der Waals surface area contributed by atoms with Crippen molar-refractivity contribution in [2.75, 3.05) is 6.54 Å². The molecule has 2 N–H and O–H groups in total. The molecule has 34 heavy (non-hydrogen) atoms. The molecular weight excluding hydrogens is 452 g/mol. The second-order valence-electron chi connectivity index (χ2n) is 10.7. The number of carbonyl (C=O) groups is 2. The second kappa shape index (κ2) is 7.93. The molecule has 4 saturated carbocycles. The van der Waals surface area contributed by atoms with Gasteiger partial charge in [-0.15, -0.1) is 11.3 Å². The predicted molar refractivity (Wildman–Crippen MR) is 127 cm³/mol. The Hall–Kier alpha value is -2.68. The Labute approximate surface area is 202 Å². The van der Waals surface area contributed by atoms with Crippen molar-refractivity contribution in [2.45, 2.75) is 57.1 Å². The van der Waals surface area contributed by atoms with Crippen molar-refractivity contribution in [3.05, 3.63) is 39.1 Å². The Balaban J connectivity index is 1.18. The number of nitrogens with two attached hydrogens (primary N) is 1. The van der Waals surface area contributed by atoms with Crippen LogP contribution in [0, 0.1) is 23.2 Å². The third-order valence-corrected chi connectivity index (χ3v) is 9.59. The lowest BCUT2D eigenvalue weighted by Crippen LogP contribution is -2.59. The van der Waals surface area contributed by atoms with Crippen molar-refractivity contribution in [3.63, 3.8) is 0 Å². The zero-order chi connectivity index (χ0) is 23.6. The fourth-order valence-corrected chi connectivity index (χ4v) is 8.15. The summed E-state index contributed by atoms with van der Waals surface area (Å²) in [5.74, 6) is 0.821. The van der Waals surface area contributed by atoms with Crippen LogP contribution in [-0.4, -0.2) is 39.1 Å². The van der Waals surface area contributed by atoms with Crippen LogP contribution in [0.5, 0.6) is 0 Å². The molecule has 1 saturated heterocycles. The van der Waals surface area contributed by atoms with E-state index in [1.165, 1.54) is 15.9 Å². The number of rotatable bonds is 4. The largest absolute Gasteiger partial charge is 0.445 e. The molecule has 3 atom stereocenters. The van der Waals surface area contributed by atoms with Gasteiger partial charge in [0, 0.05) is 36.8 Å². The van der Waals surface area contributed by atoms with E-state index >= 15 is 0 Å². The van der Waals surface area contributed by atoms with Crippen molar-refractivity contribution >= 4 is 23.3 Å². The van der Waals surface area contributed by atoms with Gasteiger partial charge in [0.15, 0.2) is 0 Å². The smallest absolute Gasteiger partial charge is 0.410 e. The Bertz CT molecular complexity index is 1190. The lowest BCUT2D eigenvalue weighted by atomic mass is 9.48. The van der Waals surface area contributed by atoms with Gasteiger partial charge < -0.3 is 15.0 Å². The van der Waals surface area contributed by atoms with E-state index in [9.17, 15) is 14.4 Å². The van der Waals surface area contributed by atoms with Gasteiger partial charge in [0.1, 0.15) is 11.1 Å². The predicted octanol–water partition coefficient (Wildman–Crippen LogP) is 3.46. The van der Waals surface area contributed by atoms with E-state index in [2.05, 4.69) is 0 Å². The minimum Gasteiger partial charge on any atom is -0.445 e. The van der Waals surface area contributed by atoms with Gasteiger partial charge in [-0.1, -0.05) is 0 Å². The summed E-state index contributed by atoms with van der Waals surface area (Å²) in [6.45, 7) is 0.653. The summed E-state index contributed by atoms with van der Waals surface area (Å²) in [4.78, 5) is 44.2. The van der Waals surface area contributed by atoms with Gasteiger partial charge in [-0.2, -0.15) is 0 Å². The summed E-state index contributed by atoms with van der Waals surface area (Å²) in [7, 11) is 1.72. The van der Waals surface area contributed by atoms with Crippen molar-refractivity contribution in [2.24, 2.45) is 36.0 Å². The molecular formula is C25H30N4O4S. The van der Waals surface area contributed by atoms with Gasteiger partial charge >= 0.3 is 6.09 Å². The van der Waals surface area contributed by atoms with E-state index < -0.39 is 0 Å². The lowest BCUT2D eigenvalue weighted by molar-refractivity contribution is -0.161. The van der Waals surface area contributed by atoms with E-state index in [-0.39, 0.29) is 47.0 Å². The number of primary amides is 1. The normalized spacial score (nSPS) is 33.9. The standard InChI is InChI=1S/C25H30N4O4S/c1-28-6-4-15(9-20(28)30)18-13-34-22(27-18)19-3-2-5-29(19)24(32)33-21-16-7-14-8-17(21)12-25(10-14,11-16)23(26)31/h4,6,9,13-14,16-17,19,21H,2-3,5,7-8,10-12H2,1H3,(H2,26,31)/t14?,16-,17-,19?,21?,25?/m1/s1. The molecule has 5 aliphatic rings. The zero-order valence-electron chi connectivity index (χ0n) is 19.3. The first-order valence-corrected chi connectivity index (χ1v) is 13.1. The highest BCUT2D eigenvalue weighted by Gasteiger charge is 2.59. The summed E-state index contributed by atoms with van der Waals surface area (Å²) in [5.41, 5.74) is 6.89. The van der Waals surface area contributed by atoms with Crippen molar-refractivity contribution < 1.29 is 14.3 Å². The van der Waals surface area contributed by atoms with Gasteiger partial charge in [-0.05, 0) is 68.8 Å².